The Morgan fingerprint density at radius 3 is 3.00 bits per heavy atom. The van der Waals surface area contributed by atoms with Gasteiger partial charge in [0.05, 0.1) is 16.4 Å². The second-order valence-electron chi connectivity index (χ2n) is 3.80. The molecule has 1 aromatic rings. The van der Waals surface area contributed by atoms with E-state index in [0.717, 1.165) is 35.9 Å². The maximum Gasteiger partial charge on any atom is 0.0854 e. The number of nitrogens with zero attached hydrogens (tertiary/aromatic N) is 1. The second-order valence-corrected chi connectivity index (χ2v) is 4.18. The second kappa shape index (κ2) is 4.32. The largest absolute Gasteiger partial charge is 0.316 e. The first kappa shape index (κ1) is 9.99. The molecule has 0 saturated carbocycles. The molecule has 78 valence electrons. The van der Waals surface area contributed by atoms with Gasteiger partial charge in [0, 0.05) is 12.5 Å². The normalized spacial score (nSPS) is 22.6. The Labute approximate surface area is 89.2 Å². The Hall–Kier alpha value is -0.540. The fourth-order valence-electron chi connectivity index (χ4n) is 1.97. The highest BCUT2D eigenvalue weighted by Gasteiger charge is 2.21. The molecule has 0 aromatic carbocycles. The van der Waals surface area contributed by atoms with Crippen molar-refractivity contribution in [3.63, 3.8) is 0 Å². The van der Waals surface area contributed by atoms with Gasteiger partial charge in [-0.1, -0.05) is 18.5 Å². The minimum Gasteiger partial charge on any atom is -0.316 e. The molecule has 1 aromatic heterocycles. The number of halogens is 1. The molecular formula is C10H16ClN3. The Bertz CT molecular complexity index is 302. The molecule has 0 aliphatic carbocycles. The molecule has 1 unspecified atom stereocenters. The quantitative estimate of drug-likeness (QED) is 0.790. The third kappa shape index (κ3) is 1.79. The zero-order chi connectivity index (χ0) is 9.97. The monoisotopic (exact) mass is 213 g/mol. The van der Waals surface area contributed by atoms with Crippen LogP contribution in [0.2, 0.25) is 5.02 Å². The van der Waals surface area contributed by atoms with Gasteiger partial charge >= 0.3 is 0 Å². The van der Waals surface area contributed by atoms with Crippen molar-refractivity contribution >= 4 is 11.6 Å². The molecule has 0 spiro atoms. The SMILES string of the molecule is CCc1[nH]nc(C2CCCNC2)c1Cl. The number of H-pyrrole nitrogens is 1. The molecule has 1 aliphatic rings. The van der Waals surface area contributed by atoms with Crippen molar-refractivity contribution in [2.75, 3.05) is 13.1 Å². The van der Waals surface area contributed by atoms with Crippen LogP contribution in [0.5, 0.6) is 0 Å². The summed E-state index contributed by atoms with van der Waals surface area (Å²) in [4.78, 5) is 0. The summed E-state index contributed by atoms with van der Waals surface area (Å²) in [5.74, 6) is 0.493. The van der Waals surface area contributed by atoms with Crippen LogP contribution in [-0.2, 0) is 6.42 Å². The van der Waals surface area contributed by atoms with Gasteiger partial charge in [-0.05, 0) is 25.8 Å². The molecule has 1 saturated heterocycles. The molecule has 2 heterocycles. The first-order valence-corrected chi connectivity index (χ1v) is 5.64. The van der Waals surface area contributed by atoms with Crippen LogP contribution in [0, 0.1) is 0 Å². The first-order chi connectivity index (χ1) is 6.83. The maximum absolute atomic E-state index is 6.24. The third-order valence-electron chi connectivity index (χ3n) is 2.84. The molecule has 3 nitrogen and oxygen atoms in total. The van der Waals surface area contributed by atoms with E-state index in [2.05, 4.69) is 22.4 Å². The number of aromatic amines is 1. The van der Waals surface area contributed by atoms with E-state index >= 15 is 0 Å². The molecule has 4 heteroatoms. The highest BCUT2D eigenvalue weighted by Crippen LogP contribution is 2.29. The van der Waals surface area contributed by atoms with Crippen molar-refractivity contribution < 1.29 is 0 Å². The minimum absolute atomic E-state index is 0.493. The highest BCUT2D eigenvalue weighted by molar-refractivity contribution is 6.31. The number of piperidine rings is 1. The van der Waals surface area contributed by atoms with Crippen LogP contribution in [0.1, 0.15) is 37.1 Å². The molecule has 2 rings (SSSR count). The Morgan fingerprint density at radius 2 is 2.43 bits per heavy atom. The predicted molar refractivity (Wildman–Crippen MR) is 57.8 cm³/mol. The van der Waals surface area contributed by atoms with Gasteiger partial charge in [0.1, 0.15) is 0 Å². The molecule has 1 fully saturated rings. The van der Waals surface area contributed by atoms with Crippen molar-refractivity contribution in [2.24, 2.45) is 0 Å². The number of aromatic nitrogens is 2. The number of rotatable bonds is 2. The van der Waals surface area contributed by atoms with Crippen molar-refractivity contribution in [3.8, 4) is 0 Å². The zero-order valence-electron chi connectivity index (χ0n) is 8.44. The summed E-state index contributed by atoms with van der Waals surface area (Å²) in [6.07, 6.45) is 3.34. The van der Waals surface area contributed by atoms with Gasteiger partial charge in [0.25, 0.3) is 0 Å². The summed E-state index contributed by atoms with van der Waals surface area (Å²) in [5, 5.41) is 11.5. The Balaban J connectivity index is 2.18. The standard InChI is InChI=1S/C10H16ClN3/c1-2-8-9(11)10(14-13-8)7-4-3-5-12-6-7/h7,12H,2-6H2,1H3,(H,13,14). The van der Waals surface area contributed by atoms with E-state index in [4.69, 9.17) is 11.6 Å². The Kier molecular flexibility index (Phi) is 3.08. The van der Waals surface area contributed by atoms with Gasteiger partial charge < -0.3 is 5.32 Å². The van der Waals surface area contributed by atoms with Crippen molar-refractivity contribution in [2.45, 2.75) is 32.1 Å². The van der Waals surface area contributed by atoms with Gasteiger partial charge in [0.15, 0.2) is 0 Å². The number of hydrogen-bond donors (Lipinski definition) is 2. The van der Waals surface area contributed by atoms with Crippen LogP contribution >= 0.6 is 11.6 Å². The Morgan fingerprint density at radius 1 is 1.57 bits per heavy atom. The van der Waals surface area contributed by atoms with E-state index in [1.807, 2.05) is 0 Å². The van der Waals surface area contributed by atoms with Crippen LogP contribution in [0.4, 0.5) is 0 Å². The van der Waals surface area contributed by atoms with E-state index in [9.17, 15) is 0 Å². The summed E-state index contributed by atoms with van der Waals surface area (Å²) in [6, 6.07) is 0. The average Bonchev–Trinajstić information content (AvgIpc) is 2.61. The topological polar surface area (TPSA) is 40.7 Å². The molecule has 1 aliphatic heterocycles. The summed E-state index contributed by atoms with van der Waals surface area (Å²) >= 11 is 6.24. The van der Waals surface area contributed by atoms with Crippen molar-refractivity contribution in [3.05, 3.63) is 16.4 Å². The lowest BCUT2D eigenvalue weighted by Gasteiger charge is -2.21. The molecule has 14 heavy (non-hydrogen) atoms. The minimum atomic E-state index is 0.493. The van der Waals surface area contributed by atoms with Crippen LogP contribution in [-0.4, -0.2) is 23.3 Å². The molecule has 0 bridgehead atoms. The lowest BCUT2D eigenvalue weighted by Crippen LogP contribution is -2.28. The van der Waals surface area contributed by atoms with E-state index in [-0.39, 0.29) is 0 Å². The predicted octanol–water partition coefficient (Wildman–Crippen LogP) is 2.09. The van der Waals surface area contributed by atoms with Gasteiger partial charge in [-0.15, -0.1) is 0 Å². The number of nitrogens with one attached hydrogen (secondary N) is 2. The summed E-state index contributed by atoms with van der Waals surface area (Å²) in [5.41, 5.74) is 2.11. The van der Waals surface area contributed by atoms with E-state index < -0.39 is 0 Å². The molecule has 0 amide bonds. The van der Waals surface area contributed by atoms with Crippen LogP contribution in [0.15, 0.2) is 0 Å². The zero-order valence-corrected chi connectivity index (χ0v) is 9.19. The number of hydrogen-bond acceptors (Lipinski definition) is 2. The van der Waals surface area contributed by atoms with Crippen molar-refractivity contribution in [1.82, 2.24) is 15.5 Å². The van der Waals surface area contributed by atoms with Gasteiger partial charge in [-0.2, -0.15) is 5.10 Å². The van der Waals surface area contributed by atoms with E-state index in [0.29, 0.717) is 5.92 Å². The number of aryl methyl sites for hydroxylation is 1. The van der Waals surface area contributed by atoms with Crippen LogP contribution in [0.3, 0.4) is 0 Å². The van der Waals surface area contributed by atoms with Crippen LogP contribution < -0.4 is 5.32 Å². The summed E-state index contributed by atoms with van der Waals surface area (Å²) < 4.78 is 0. The van der Waals surface area contributed by atoms with Crippen LogP contribution in [0.25, 0.3) is 0 Å². The average molecular weight is 214 g/mol. The third-order valence-corrected chi connectivity index (χ3v) is 3.26. The maximum atomic E-state index is 6.24. The van der Waals surface area contributed by atoms with Gasteiger partial charge in [0.2, 0.25) is 0 Å². The lowest BCUT2D eigenvalue weighted by atomic mass is 9.96. The smallest absolute Gasteiger partial charge is 0.0854 e. The van der Waals surface area contributed by atoms with E-state index in [1.54, 1.807) is 0 Å². The van der Waals surface area contributed by atoms with Crippen molar-refractivity contribution in [1.29, 1.82) is 0 Å². The molecular weight excluding hydrogens is 198 g/mol. The van der Waals surface area contributed by atoms with Gasteiger partial charge in [-0.3, -0.25) is 5.10 Å². The van der Waals surface area contributed by atoms with Gasteiger partial charge in [-0.25, -0.2) is 0 Å². The highest BCUT2D eigenvalue weighted by atomic mass is 35.5. The summed E-state index contributed by atoms with van der Waals surface area (Å²) in [7, 11) is 0. The molecule has 1 atom stereocenters. The molecule has 0 radical (unpaired) electrons. The first-order valence-electron chi connectivity index (χ1n) is 5.26. The summed E-state index contributed by atoms with van der Waals surface area (Å²) in [6.45, 7) is 4.22. The molecule has 2 N–H and O–H groups in total. The lowest BCUT2D eigenvalue weighted by molar-refractivity contribution is 0.454. The fourth-order valence-corrected chi connectivity index (χ4v) is 2.34. The fraction of sp³-hybridized carbons (Fsp3) is 0.700. The van der Waals surface area contributed by atoms with E-state index in [1.165, 1.54) is 12.8 Å².